The zero-order valence-corrected chi connectivity index (χ0v) is 13.9. The highest BCUT2D eigenvalue weighted by molar-refractivity contribution is 7.84. The highest BCUT2D eigenvalue weighted by Crippen LogP contribution is 2.42. The predicted octanol–water partition coefficient (Wildman–Crippen LogP) is 2.62. The third-order valence-electron chi connectivity index (χ3n) is 2.80. The summed E-state index contributed by atoms with van der Waals surface area (Å²) in [5, 5.41) is 0.798. The summed E-state index contributed by atoms with van der Waals surface area (Å²) in [5.41, 5.74) is 0.531. The van der Waals surface area contributed by atoms with Gasteiger partial charge in [-0.15, -0.1) is 0 Å². The van der Waals surface area contributed by atoms with Crippen LogP contribution in [0.15, 0.2) is 18.2 Å². The van der Waals surface area contributed by atoms with Crippen molar-refractivity contribution in [1.29, 1.82) is 0 Å². The van der Waals surface area contributed by atoms with Crippen molar-refractivity contribution >= 4 is 33.5 Å². The van der Waals surface area contributed by atoms with Gasteiger partial charge in [-0.25, -0.2) is 4.18 Å². The molecular formula is C12H15Cl2NO5S. The normalized spacial score (nSPS) is 25.2. The van der Waals surface area contributed by atoms with Crippen LogP contribution in [0.4, 0.5) is 0 Å². The molecule has 1 fully saturated rings. The van der Waals surface area contributed by atoms with E-state index < -0.39 is 28.5 Å². The van der Waals surface area contributed by atoms with E-state index in [4.69, 9.17) is 36.9 Å². The van der Waals surface area contributed by atoms with Crippen molar-refractivity contribution < 1.29 is 22.1 Å². The van der Waals surface area contributed by atoms with Crippen molar-refractivity contribution in [1.82, 2.24) is 4.72 Å². The predicted molar refractivity (Wildman–Crippen MR) is 78.3 cm³/mol. The zero-order valence-electron chi connectivity index (χ0n) is 11.6. The van der Waals surface area contributed by atoms with Gasteiger partial charge in [0.25, 0.3) is 0 Å². The molecule has 2 rings (SSSR count). The van der Waals surface area contributed by atoms with Gasteiger partial charge in [0, 0.05) is 22.7 Å². The average Bonchev–Trinajstić information content (AvgIpc) is 2.63. The number of hydrogen-bond acceptors (Lipinski definition) is 5. The molecule has 1 heterocycles. The second-order valence-electron chi connectivity index (χ2n) is 4.84. The van der Waals surface area contributed by atoms with Gasteiger partial charge >= 0.3 is 10.3 Å². The lowest BCUT2D eigenvalue weighted by Crippen LogP contribution is -2.31. The summed E-state index contributed by atoms with van der Waals surface area (Å²) < 4.78 is 41.3. The summed E-state index contributed by atoms with van der Waals surface area (Å²) in [6, 6.07) is 4.81. The largest absolute Gasteiger partial charge is 0.338 e. The Morgan fingerprint density at radius 1 is 1.29 bits per heavy atom. The van der Waals surface area contributed by atoms with Gasteiger partial charge in [0.2, 0.25) is 6.29 Å². The standard InChI is InChI=1S/C12H15Cl2NO5S/c1-12(2)18-10(8-5-4-7(13)6-9(8)14)11(19-12)20-21(16,17)15-3/h4-6,10-11,15H,1-3H3. The molecule has 0 amide bonds. The molecule has 1 N–H and O–H groups in total. The van der Waals surface area contributed by atoms with Gasteiger partial charge in [-0.05, 0) is 26.0 Å². The van der Waals surface area contributed by atoms with E-state index >= 15 is 0 Å². The lowest BCUT2D eigenvalue weighted by molar-refractivity contribution is -0.167. The van der Waals surface area contributed by atoms with Crippen LogP contribution in [0.2, 0.25) is 10.0 Å². The van der Waals surface area contributed by atoms with Gasteiger partial charge in [-0.1, -0.05) is 29.3 Å². The second kappa shape index (κ2) is 6.00. The van der Waals surface area contributed by atoms with Crippen molar-refractivity contribution in [3.63, 3.8) is 0 Å². The first kappa shape index (κ1) is 17.0. The summed E-state index contributed by atoms with van der Waals surface area (Å²) in [4.78, 5) is 0. The Labute approximate surface area is 133 Å². The van der Waals surface area contributed by atoms with E-state index in [-0.39, 0.29) is 0 Å². The molecule has 1 aromatic rings. The van der Waals surface area contributed by atoms with E-state index in [9.17, 15) is 8.42 Å². The highest BCUT2D eigenvalue weighted by atomic mass is 35.5. The number of benzene rings is 1. The maximum absolute atomic E-state index is 11.6. The number of hydrogen-bond donors (Lipinski definition) is 1. The van der Waals surface area contributed by atoms with Crippen LogP contribution in [0.5, 0.6) is 0 Å². The highest BCUT2D eigenvalue weighted by Gasteiger charge is 2.45. The first-order chi connectivity index (χ1) is 9.63. The van der Waals surface area contributed by atoms with E-state index in [0.717, 1.165) is 0 Å². The van der Waals surface area contributed by atoms with Gasteiger partial charge in [-0.2, -0.15) is 13.1 Å². The van der Waals surface area contributed by atoms with E-state index in [2.05, 4.69) is 4.72 Å². The second-order valence-corrected chi connectivity index (χ2v) is 7.20. The van der Waals surface area contributed by atoms with Crippen molar-refractivity contribution in [3.05, 3.63) is 33.8 Å². The quantitative estimate of drug-likeness (QED) is 0.898. The molecular weight excluding hydrogens is 341 g/mol. The van der Waals surface area contributed by atoms with Crippen LogP contribution in [0.3, 0.4) is 0 Å². The number of rotatable bonds is 4. The molecule has 0 radical (unpaired) electrons. The van der Waals surface area contributed by atoms with Crippen molar-refractivity contribution in [2.75, 3.05) is 7.05 Å². The summed E-state index contributed by atoms with van der Waals surface area (Å²) in [6.45, 7) is 3.30. The molecule has 1 saturated heterocycles. The van der Waals surface area contributed by atoms with Gasteiger partial charge in [-0.3, -0.25) is 0 Å². The Balaban J connectivity index is 2.34. The molecule has 1 aliphatic rings. The molecule has 1 aliphatic heterocycles. The first-order valence-electron chi connectivity index (χ1n) is 6.06. The summed E-state index contributed by atoms with van der Waals surface area (Å²) in [7, 11) is -2.70. The summed E-state index contributed by atoms with van der Waals surface area (Å²) >= 11 is 12.0. The smallest absolute Gasteiger partial charge is 0.337 e. The van der Waals surface area contributed by atoms with E-state index in [1.807, 2.05) is 0 Å². The molecule has 0 saturated carbocycles. The number of ether oxygens (including phenoxy) is 2. The minimum absolute atomic E-state index is 0.337. The fourth-order valence-corrected chi connectivity index (χ4v) is 2.92. The third-order valence-corrected chi connectivity index (χ3v) is 4.30. The van der Waals surface area contributed by atoms with E-state index in [0.29, 0.717) is 15.6 Å². The van der Waals surface area contributed by atoms with Gasteiger partial charge in [0.15, 0.2) is 5.79 Å². The molecule has 2 atom stereocenters. The fourth-order valence-electron chi connectivity index (χ4n) is 1.92. The molecule has 0 spiro atoms. The third kappa shape index (κ3) is 4.07. The minimum Gasteiger partial charge on any atom is -0.337 e. The monoisotopic (exact) mass is 355 g/mol. The van der Waals surface area contributed by atoms with E-state index in [1.54, 1.807) is 26.0 Å². The molecule has 1 aromatic carbocycles. The van der Waals surface area contributed by atoms with Crippen LogP contribution < -0.4 is 4.72 Å². The Bertz CT molecular complexity index is 635. The molecule has 6 nitrogen and oxygen atoms in total. The van der Waals surface area contributed by atoms with Crippen LogP contribution >= 0.6 is 23.2 Å². The van der Waals surface area contributed by atoms with E-state index in [1.165, 1.54) is 13.1 Å². The molecule has 21 heavy (non-hydrogen) atoms. The van der Waals surface area contributed by atoms with Gasteiger partial charge in [0.05, 0.1) is 0 Å². The van der Waals surface area contributed by atoms with Crippen molar-refractivity contribution in [3.8, 4) is 0 Å². The Kier molecular flexibility index (Phi) is 4.84. The number of halogens is 2. The minimum atomic E-state index is -3.94. The van der Waals surface area contributed by atoms with Crippen LogP contribution in [-0.2, 0) is 24.0 Å². The maximum atomic E-state index is 11.6. The lowest BCUT2D eigenvalue weighted by Gasteiger charge is -2.18. The Hall–Kier alpha value is -0.410. The van der Waals surface area contributed by atoms with Crippen molar-refractivity contribution in [2.45, 2.75) is 32.0 Å². The lowest BCUT2D eigenvalue weighted by atomic mass is 10.1. The SMILES string of the molecule is CNS(=O)(=O)OC1OC(C)(C)OC1c1ccc(Cl)cc1Cl. The maximum Gasteiger partial charge on any atom is 0.338 e. The van der Waals surface area contributed by atoms with Crippen LogP contribution in [0, 0.1) is 0 Å². The van der Waals surface area contributed by atoms with Gasteiger partial charge < -0.3 is 9.47 Å². The van der Waals surface area contributed by atoms with Crippen molar-refractivity contribution in [2.24, 2.45) is 0 Å². The van der Waals surface area contributed by atoms with Crippen LogP contribution in [0.1, 0.15) is 25.5 Å². The Morgan fingerprint density at radius 2 is 1.95 bits per heavy atom. The van der Waals surface area contributed by atoms with Crippen LogP contribution in [-0.4, -0.2) is 27.5 Å². The molecule has 0 aliphatic carbocycles. The first-order valence-corrected chi connectivity index (χ1v) is 8.22. The molecule has 0 aromatic heterocycles. The fraction of sp³-hybridized carbons (Fsp3) is 0.500. The summed E-state index contributed by atoms with van der Waals surface area (Å²) in [5.74, 6) is -1.01. The summed E-state index contributed by atoms with van der Waals surface area (Å²) in [6.07, 6.45) is -1.95. The van der Waals surface area contributed by atoms with Gasteiger partial charge in [0.1, 0.15) is 6.10 Å². The number of nitrogens with one attached hydrogen (secondary N) is 1. The topological polar surface area (TPSA) is 73.9 Å². The molecule has 9 heteroatoms. The molecule has 118 valence electrons. The molecule has 0 bridgehead atoms. The van der Waals surface area contributed by atoms with Crippen LogP contribution in [0.25, 0.3) is 0 Å². The molecule has 2 unspecified atom stereocenters. The zero-order chi connectivity index (χ0) is 15.8. The Morgan fingerprint density at radius 3 is 2.52 bits per heavy atom. The average molecular weight is 356 g/mol.